The fraction of sp³-hybridized carbons (Fsp3) is 0.321. The number of nitrogens with one attached hydrogen (secondary N) is 2. The van der Waals surface area contributed by atoms with Crippen molar-refractivity contribution in [2.24, 2.45) is 0 Å². The third kappa shape index (κ3) is 5.58. The summed E-state index contributed by atoms with van der Waals surface area (Å²) in [5.41, 5.74) is 2.78. The lowest BCUT2D eigenvalue weighted by molar-refractivity contribution is -0.149. The van der Waals surface area contributed by atoms with E-state index in [4.69, 9.17) is 0 Å². The van der Waals surface area contributed by atoms with Gasteiger partial charge in [0.05, 0.1) is 24.0 Å². The van der Waals surface area contributed by atoms with Gasteiger partial charge < -0.3 is 10.3 Å². The standard InChI is InChI=1S/C28H27F4N5O2/c1-17-3-4-19(13-18(17)2)23-15-37-24(26(39)33-23)14-22(35-37)25(38)34-27(20-5-7-21(29)8-6-20)9-11-36(12-10-27)16-28(30,31)32/h3-8,13-15H,9-12,16H2,1-2H3,(H,33,39)(H,34,38). The molecule has 0 unspecified atom stereocenters. The molecule has 3 heterocycles. The van der Waals surface area contributed by atoms with Crippen molar-refractivity contribution in [2.75, 3.05) is 19.6 Å². The predicted octanol–water partition coefficient (Wildman–Crippen LogP) is 4.73. The van der Waals surface area contributed by atoms with Gasteiger partial charge in [0.1, 0.15) is 11.3 Å². The van der Waals surface area contributed by atoms with Crippen molar-refractivity contribution in [3.8, 4) is 11.3 Å². The lowest BCUT2D eigenvalue weighted by Crippen LogP contribution is -2.54. The van der Waals surface area contributed by atoms with E-state index >= 15 is 0 Å². The summed E-state index contributed by atoms with van der Waals surface area (Å²) >= 11 is 0. The monoisotopic (exact) mass is 541 g/mol. The number of amides is 1. The third-order valence-corrected chi connectivity index (χ3v) is 7.38. The van der Waals surface area contributed by atoms with E-state index in [0.29, 0.717) is 11.3 Å². The highest BCUT2D eigenvalue weighted by molar-refractivity contribution is 5.94. The molecule has 2 aromatic carbocycles. The molecule has 0 spiro atoms. The summed E-state index contributed by atoms with van der Waals surface area (Å²) < 4.78 is 53.8. The molecular formula is C28H27F4N5O2. The molecule has 4 aromatic rings. The van der Waals surface area contributed by atoms with Crippen LogP contribution in [0.3, 0.4) is 0 Å². The molecule has 2 aromatic heterocycles. The molecule has 0 atom stereocenters. The number of hydrogen-bond acceptors (Lipinski definition) is 4. The average molecular weight is 542 g/mol. The highest BCUT2D eigenvalue weighted by Crippen LogP contribution is 2.34. The molecule has 0 aliphatic carbocycles. The van der Waals surface area contributed by atoms with Crippen LogP contribution in [0, 0.1) is 19.7 Å². The molecule has 1 saturated heterocycles. The summed E-state index contributed by atoms with van der Waals surface area (Å²) in [6.45, 7) is 3.08. The first-order valence-electron chi connectivity index (χ1n) is 12.5. The zero-order valence-electron chi connectivity index (χ0n) is 21.4. The molecule has 11 heteroatoms. The molecule has 1 amide bonds. The first-order chi connectivity index (χ1) is 18.4. The first-order valence-corrected chi connectivity index (χ1v) is 12.5. The normalized spacial score (nSPS) is 15.9. The highest BCUT2D eigenvalue weighted by atomic mass is 19.4. The van der Waals surface area contributed by atoms with Crippen LogP contribution in [-0.2, 0) is 5.54 Å². The Hall–Kier alpha value is -3.99. The molecule has 39 heavy (non-hydrogen) atoms. The molecule has 1 fully saturated rings. The molecule has 0 saturated carbocycles. The molecule has 0 radical (unpaired) electrons. The number of alkyl halides is 3. The summed E-state index contributed by atoms with van der Waals surface area (Å²) in [6, 6.07) is 12.7. The molecule has 0 bridgehead atoms. The Morgan fingerprint density at radius 2 is 1.74 bits per heavy atom. The fourth-order valence-corrected chi connectivity index (χ4v) is 5.05. The third-order valence-electron chi connectivity index (χ3n) is 7.38. The van der Waals surface area contributed by atoms with Crippen molar-refractivity contribution in [3.05, 3.63) is 93.3 Å². The van der Waals surface area contributed by atoms with Crippen molar-refractivity contribution in [1.29, 1.82) is 0 Å². The fourth-order valence-electron chi connectivity index (χ4n) is 5.05. The maximum atomic E-state index is 13.6. The summed E-state index contributed by atoms with van der Waals surface area (Å²) in [5.74, 6) is -1.05. The quantitative estimate of drug-likeness (QED) is 0.358. The van der Waals surface area contributed by atoms with Crippen LogP contribution in [0.5, 0.6) is 0 Å². The number of H-pyrrole nitrogens is 1. The van der Waals surface area contributed by atoms with Gasteiger partial charge in [-0.05, 0) is 67.1 Å². The van der Waals surface area contributed by atoms with Gasteiger partial charge in [0, 0.05) is 19.2 Å². The van der Waals surface area contributed by atoms with Crippen LogP contribution < -0.4 is 10.9 Å². The summed E-state index contributed by atoms with van der Waals surface area (Å²) in [7, 11) is 0. The number of carbonyl (C=O) groups is 1. The Morgan fingerprint density at radius 1 is 1.05 bits per heavy atom. The number of nitrogens with zero attached hydrogens (tertiary/aromatic N) is 3. The van der Waals surface area contributed by atoms with Crippen molar-refractivity contribution in [2.45, 2.75) is 38.4 Å². The Labute approximate surface area is 221 Å². The van der Waals surface area contributed by atoms with Gasteiger partial charge in [-0.2, -0.15) is 18.3 Å². The van der Waals surface area contributed by atoms with E-state index in [0.717, 1.165) is 16.7 Å². The number of benzene rings is 2. The van der Waals surface area contributed by atoms with Crippen molar-refractivity contribution in [1.82, 2.24) is 24.8 Å². The molecule has 5 rings (SSSR count). The van der Waals surface area contributed by atoms with E-state index < -0.39 is 35.5 Å². The second kappa shape index (κ2) is 9.96. The maximum Gasteiger partial charge on any atom is 0.401 e. The number of likely N-dealkylation sites (tertiary alicyclic amines) is 1. The number of fused-ring (bicyclic) bond motifs is 1. The smallest absolute Gasteiger partial charge is 0.341 e. The van der Waals surface area contributed by atoms with E-state index in [9.17, 15) is 27.2 Å². The predicted molar refractivity (Wildman–Crippen MR) is 138 cm³/mol. The van der Waals surface area contributed by atoms with E-state index in [1.54, 1.807) is 6.20 Å². The zero-order chi connectivity index (χ0) is 27.9. The van der Waals surface area contributed by atoms with Gasteiger partial charge in [-0.15, -0.1) is 0 Å². The van der Waals surface area contributed by atoms with Gasteiger partial charge in [0.15, 0.2) is 5.69 Å². The number of piperidine rings is 1. The van der Waals surface area contributed by atoms with Gasteiger partial charge in [0.25, 0.3) is 11.5 Å². The molecule has 2 N–H and O–H groups in total. The van der Waals surface area contributed by atoms with Crippen molar-refractivity contribution in [3.63, 3.8) is 0 Å². The Morgan fingerprint density at radius 3 is 2.38 bits per heavy atom. The van der Waals surface area contributed by atoms with Crippen LogP contribution in [0.25, 0.3) is 16.8 Å². The van der Waals surface area contributed by atoms with Gasteiger partial charge in [-0.1, -0.05) is 24.3 Å². The zero-order valence-corrected chi connectivity index (χ0v) is 21.4. The maximum absolute atomic E-state index is 13.6. The SMILES string of the molecule is Cc1ccc(-c2cn3nc(C(=O)NC4(c5ccc(F)cc5)CCN(CC(F)(F)F)CC4)cc3c(=O)[nH]2)cc1C. The van der Waals surface area contributed by atoms with Crippen LogP contribution in [-0.4, -0.2) is 51.2 Å². The summed E-state index contributed by atoms with van der Waals surface area (Å²) in [6.07, 6.45) is -2.33. The second-order valence-electron chi connectivity index (χ2n) is 10.1. The molecule has 1 aliphatic heterocycles. The highest BCUT2D eigenvalue weighted by Gasteiger charge is 2.41. The molecule has 7 nitrogen and oxygen atoms in total. The summed E-state index contributed by atoms with van der Waals surface area (Å²) in [5, 5.41) is 7.28. The minimum atomic E-state index is -4.33. The van der Waals surface area contributed by atoms with Crippen LogP contribution in [0.2, 0.25) is 0 Å². The van der Waals surface area contributed by atoms with Crippen LogP contribution >= 0.6 is 0 Å². The number of halogens is 4. The minimum Gasteiger partial charge on any atom is -0.341 e. The Bertz CT molecular complexity index is 1580. The number of aryl methyl sites for hydroxylation is 2. The number of aromatic nitrogens is 3. The molecule has 204 valence electrons. The minimum absolute atomic E-state index is 0.0167. The van der Waals surface area contributed by atoms with Crippen LogP contribution in [0.4, 0.5) is 17.6 Å². The topological polar surface area (TPSA) is 82.5 Å². The Kier molecular flexibility index (Phi) is 6.79. The van der Waals surface area contributed by atoms with Gasteiger partial charge in [0.2, 0.25) is 0 Å². The number of rotatable bonds is 5. The van der Waals surface area contributed by atoms with E-state index in [2.05, 4.69) is 15.4 Å². The molecular weight excluding hydrogens is 514 g/mol. The van der Waals surface area contributed by atoms with E-state index in [1.165, 1.54) is 39.7 Å². The lowest BCUT2D eigenvalue weighted by Gasteiger charge is -2.42. The van der Waals surface area contributed by atoms with E-state index in [-0.39, 0.29) is 37.1 Å². The van der Waals surface area contributed by atoms with Crippen LogP contribution in [0.15, 0.2) is 59.5 Å². The van der Waals surface area contributed by atoms with Gasteiger partial charge >= 0.3 is 6.18 Å². The van der Waals surface area contributed by atoms with Gasteiger partial charge in [-0.3, -0.25) is 14.5 Å². The van der Waals surface area contributed by atoms with Gasteiger partial charge in [-0.25, -0.2) is 8.91 Å². The van der Waals surface area contributed by atoms with Crippen LogP contribution in [0.1, 0.15) is 40.0 Å². The van der Waals surface area contributed by atoms with E-state index in [1.807, 2.05) is 32.0 Å². The Balaban J connectivity index is 1.44. The second-order valence-corrected chi connectivity index (χ2v) is 10.1. The molecule has 1 aliphatic rings. The lowest BCUT2D eigenvalue weighted by atomic mass is 9.80. The number of carbonyl (C=O) groups excluding carboxylic acids is 1. The average Bonchev–Trinajstić information content (AvgIpc) is 3.32. The number of hydrogen-bond donors (Lipinski definition) is 2. The first kappa shape index (κ1) is 26.6. The number of aromatic amines is 1. The van der Waals surface area contributed by atoms with Crippen molar-refractivity contribution >= 4 is 11.4 Å². The van der Waals surface area contributed by atoms with Crippen molar-refractivity contribution < 1.29 is 22.4 Å². The summed E-state index contributed by atoms with van der Waals surface area (Å²) in [4.78, 5) is 30.4. The largest absolute Gasteiger partial charge is 0.401 e.